The zero-order valence-corrected chi connectivity index (χ0v) is 15.5. The van der Waals surface area contributed by atoms with E-state index in [0.717, 1.165) is 22.1 Å². The van der Waals surface area contributed by atoms with Crippen LogP contribution < -0.4 is 4.72 Å². The fraction of sp³-hybridized carbons (Fsp3) is 0.0435. The predicted molar refractivity (Wildman–Crippen MR) is 110 cm³/mol. The van der Waals surface area contributed by atoms with Crippen LogP contribution in [0.1, 0.15) is 5.56 Å². The van der Waals surface area contributed by atoms with Gasteiger partial charge in [-0.15, -0.1) is 0 Å². The van der Waals surface area contributed by atoms with E-state index in [-0.39, 0.29) is 4.90 Å². The first-order valence-electron chi connectivity index (χ1n) is 8.79. The summed E-state index contributed by atoms with van der Waals surface area (Å²) in [7, 11) is -3.63. The van der Waals surface area contributed by atoms with Gasteiger partial charge in [-0.05, 0) is 64.2 Å². The second kappa shape index (κ2) is 5.69. The van der Waals surface area contributed by atoms with E-state index in [1.165, 1.54) is 16.5 Å². The number of anilines is 1. The van der Waals surface area contributed by atoms with E-state index in [1.807, 2.05) is 43.3 Å². The molecule has 0 bridgehead atoms. The number of sulfonamides is 1. The maximum absolute atomic E-state index is 12.8. The highest BCUT2D eigenvalue weighted by atomic mass is 32.2. The smallest absolute Gasteiger partial charge is 0.261 e. The average Bonchev–Trinajstić information content (AvgIpc) is 2.98. The van der Waals surface area contributed by atoms with E-state index in [1.54, 1.807) is 24.3 Å². The third-order valence-corrected chi connectivity index (χ3v) is 6.46. The summed E-state index contributed by atoms with van der Waals surface area (Å²) in [6, 6.07) is 25.1. The fourth-order valence-corrected chi connectivity index (χ4v) is 4.85. The van der Waals surface area contributed by atoms with Gasteiger partial charge in [0.15, 0.2) is 0 Å². The molecule has 0 aliphatic heterocycles. The Bertz CT molecular complexity index is 1310. The number of benzene rings is 4. The van der Waals surface area contributed by atoms with Crippen molar-refractivity contribution in [1.82, 2.24) is 0 Å². The van der Waals surface area contributed by atoms with Gasteiger partial charge >= 0.3 is 0 Å². The molecular weight excluding hydrogens is 354 g/mol. The van der Waals surface area contributed by atoms with Gasteiger partial charge in [-0.2, -0.15) is 0 Å². The molecule has 4 heteroatoms. The fourth-order valence-electron chi connectivity index (χ4n) is 3.81. The van der Waals surface area contributed by atoms with Crippen molar-refractivity contribution in [2.45, 2.75) is 11.8 Å². The number of rotatable bonds is 3. The third kappa shape index (κ3) is 2.53. The van der Waals surface area contributed by atoms with Crippen LogP contribution >= 0.6 is 0 Å². The Morgan fingerprint density at radius 2 is 1.37 bits per heavy atom. The van der Waals surface area contributed by atoms with Gasteiger partial charge in [0, 0.05) is 0 Å². The molecular formula is C23H17NO2S. The summed E-state index contributed by atoms with van der Waals surface area (Å²) < 4.78 is 28.3. The lowest BCUT2D eigenvalue weighted by molar-refractivity contribution is 0.601. The standard InChI is InChI=1S/C23H17NO2S/c1-15-9-11-18(12-10-15)27(25,26)24-17-13-16-5-4-8-21-19-6-2-3-7-20(19)22(14-17)23(16)21/h2-14,24H,1H3. The van der Waals surface area contributed by atoms with Gasteiger partial charge in [0.05, 0.1) is 10.6 Å². The van der Waals surface area contributed by atoms with Crippen molar-refractivity contribution in [3.05, 3.63) is 84.4 Å². The van der Waals surface area contributed by atoms with Crippen LogP contribution in [0.5, 0.6) is 0 Å². The summed E-state index contributed by atoms with van der Waals surface area (Å²) in [6.45, 7) is 1.93. The molecule has 0 atom stereocenters. The highest BCUT2D eigenvalue weighted by Crippen LogP contribution is 2.48. The molecule has 4 aromatic rings. The summed E-state index contributed by atoms with van der Waals surface area (Å²) in [5.74, 6) is 0. The molecule has 27 heavy (non-hydrogen) atoms. The van der Waals surface area contributed by atoms with E-state index < -0.39 is 10.0 Å². The van der Waals surface area contributed by atoms with E-state index in [4.69, 9.17) is 0 Å². The van der Waals surface area contributed by atoms with Gasteiger partial charge in [0.25, 0.3) is 10.0 Å². The van der Waals surface area contributed by atoms with Gasteiger partial charge in [-0.1, -0.05) is 60.2 Å². The Balaban J connectivity index is 1.65. The molecule has 3 nitrogen and oxygen atoms in total. The quantitative estimate of drug-likeness (QED) is 0.449. The summed E-state index contributed by atoms with van der Waals surface area (Å²) in [6.07, 6.45) is 0. The van der Waals surface area contributed by atoms with Gasteiger partial charge in [0.2, 0.25) is 0 Å². The lowest BCUT2D eigenvalue weighted by atomic mass is 10.0. The number of hydrogen-bond donors (Lipinski definition) is 1. The van der Waals surface area contributed by atoms with E-state index in [9.17, 15) is 8.42 Å². The first kappa shape index (κ1) is 16.1. The molecule has 5 rings (SSSR count). The average molecular weight is 371 g/mol. The first-order chi connectivity index (χ1) is 13.0. The Morgan fingerprint density at radius 3 is 2.11 bits per heavy atom. The maximum atomic E-state index is 12.8. The van der Waals surface area contributed by atoms with Crippen LogP contribution in [-0.4, -0.2) is 8.42 Å². The Kier molecular flexibility index (Phi) is 3.39. The van der Waals surface area contributed by atoms with Crippen LogP contribution in [0.2, 0.25) is 0 Å². The van der Waals surface area contributed by atoms with Crippen molar-refractivity contribution in [3.8, 4) is 22.3 Å². The molecule has 0 fully saturated rings. The SMILES string of the molecule is Cc1ccc(S(=O)(=O)Nc2cc3c4c(cccc4c2)-c2ccccc2-3)cc1. The second-order valence-electron chi connectivity index (χ2n) is 6.89. The molecule has 1 aliphatic carbocycles. The van der Waals surface area contributed by atoms with Gasteiger partial charge < -0.3 is 0 Å². The van der Waals surface area contributed by atoms with Gasteiger partial charge in [-0.25, -0.2) is 8.42 Å². The molecule has 1 N–H and O–H groups in total. The third-order valence-electron chi connectivity index (χ3n) is 5.07. The number of aryl methyl sites for hydroxylation is 1. The number of nitrogens with one attached hydrogen (secondary N) is 1. The molecule has 0 spiro atoms. The Morgan fingerprint density at radius 1 is 0.704 bits per heavy atom. The Labute approximate surface area is 158 Å². The minimum absolute atomic E-state index is 0.263. The molecule has 0 saturated heterocycles. The molecule has 0 radical (unpaired) electrons. The summed E-state index contributed by atoms with van der Waals surface area (Å²) >= 11 is 0. The lowest BCUT2D eigenvalue weighted by Gasteiger charge is -2.11. The van der Waals surface area contributed by atoms with Crippen molar-refractivity contribution in [2.24, 2.45) is 0 Å². The monoisotopic (exact) mass is 371 g/mol. The minimum atomic E-state index is -3.63. The molecule has 0 amide bonds. The van der Waals surface area contributed by atoms with E-state index in [2.05, 4.69) is 22.9 Å². The molecule has 4 aromatic carbocycles. The summed E-state index contributed by atoms with van der Waals surface area (Å²) in [5, 5.41) is 2.21. The van der Waals surface area contributed by atoms with Crippen LogP contribution in [0.25, 0.3) is 33.0 Å². The number of hydrogen-bond acceptors (Lipinski definition) is 2. The maximum Gasteiger partial charge on any atom is 0.261 e. The minimum Gasteiger partial charge on any atom is -0.280 e. The van der Waals surface area contributed by atoms with Crippen molar-refractivity contribution in [1.29, 1.82) is 0 Å². The predicted octanol–water partition coefficient (Wildman–Crippen LogP) is 5.60. The van der Waals surface area contributed by atoms with Crippen LogP contribution in [0.15, 0.2) is 83.8 Å². The highest BCUT2D eigenvalue weighted by Gasteiger charge is 2.22. The normalized spacial score (nSPS) is 12.2. The van der Waals surface area contributed by atoms with Crippen molar-refractivity contribution >= 4 is 26.5 Å². The Hall–Kier alpha value is -3.11. The summed E-state index contributed by atoms with van der Waals surface area (Å²) in [4.78, 5) is 0.263. The lowest BCUT2D eigenvalue weighted by Crippen LogP contribution is -2.12. The molecule has 0 heterocycles. The zero-order chi connectivity index (χ0) is 18.6. The molecule has 1 aliphatic rings. The van der Waals surface area contributed by atoms with Gasteiger partial charge in [0.1, 0.15) is 0 Å². The molecule has 0 saturated carbocycles. The van der Waals surface area contributed by atoms with Crippen LogP contribution in [-0.2, 0) is 10.0 Å². The van der Waals surface area contributed by atoms with Crippen LogP contribution in [0.3, 0.4) is 0 Å². The molecule has 0 unspecified atom stereocenters. The molecule has 132 valence electrons. The van der Waals surface area contributed by atoms with Crippen molar-refractivity contribution in [2.75, 3.05) is 4.72 Å². The molecule has 0 aromatic heterocycles. The van der Waals surface area contributed by atoms with E-state index in [0.29, 0.717) is 5.69 Å². The second-order valence-corrected chi connectivity index (χ2v) is 8.57. The van der Waals surface area contributed by atoms with Crippen molar-refractivity contribution < 1.29 is 8.42 Å². The van der Waals surface area contributed by atoms with Crippen LogP contribution in [0, 0.1) is 6.92 Å². The topological polar surface area (TPSA) is 46.2 Å². The van der Waals surface area contributed by atoms with Gasteiger partial charge in [-0.3, -0.25) is 4.72 Å². The van der Waals surface area contributed by atoms with E-state index >= 15 is 0 Å². The largest absolute Gasteiger partial charge is 0.280 e. The first-order valence-corrected chi connectivity index (χ1v) is 10.3. The van der Waals surface area contributed by atoms with Crippen molar-refractivity contribution in [3.63, 3.8) is 0 Å². The summed E-state index contributed by atoms with van der Waals surface area (Å²) in [5.41, 5.74) is 6.20. The highest BCUT2D eigenvalue weighted by molar-refractivity contribution is 7.92. The number of fused-ring (bicyclic) bond motifs is 3. The zero-order valence-electron chi connectivity index (χ0n) is 14.7. The van der Waals surface area contributed by atoms with Crippen LogP contribution in [0.4, 0.5) is 5.69 Å².